The Hall–Kier alpha value is -2.30. The summed E-state index contributed by atoms with van der Waals surface area (Å²) in [6, 6.07) is 9.86. The Morgan fingerprint density at radius 2 is 1.71 bits per heavy atom. The van der Waals surface area contributed by atoms with Crippen LogP contribution in [0.4, 0.5) is 0 Å². The summed E-state index contributed by atoms with van der Waals surface area (Å²) in [4.78, 5) is 10.3. The molecule has 0 radical (unpaired) electrons. The van der Waals surface area contributed by atoms with Crippen LogP contribution in [-0.4, -0.2) is 36.7 Å². The monoisotopic (exact) mass is 374 g/mol. The zero-order valence-corrected chi connectivity index (χ0v) is 13.9. The van der Waals surface area contributed by atoms with Gasteiger partial charge in [0.05, 0.1) is 0 Å². The molecule has 0 aromatic heterocycles. The van der Waals surface area contributed by atoms with Crippen molar-refractivity contribution in [3.63, 3.8) is 0 Å². The van der Waals surface area contributed by atoms with Crippen LogP contribution in [0.25, 0.3) is 10.8 Å². The van der Waals surface area contributed by atoms with Crippen LogP contribution in [0.1, 0.15) is 18.4 Å². The Balaban J connectivity index is 0.000000648. The van der Waals surface area contributed by atoms with E-state index in [9.17, 15) is 13.2 Å². The summed E-state index contributed by atoms with van der Waals surface area (Å²) < 4.78 is 57.0. The van der Waals surface area contributed by atoms with Gasteiger partial charge in [0.2, 0.25) is 0 Å². The lowest BCUT2D eigenvalue weighted by Crippen LogP contribution is -1.99. The highest BCUT2D eigenvalue weighted by Crippen LogP contribution is 2.24. The number of carboxylic acids is 1. The van der Waals surface area contributed by atoms with E-state index < -0.39 is 26.7 Å². The zero-order chi connectivity index (χ0) is 18.3. The molecular formula is C14H14O8S2. The van der Waals surface area contributed by atoms with Crippen LogP contribution in [0.3, 0.4) is 0 Å². The normalized spacial score (nSPS) is 10.7. The van der Waals surface area contributed by atoms with E-state index in [0.717, 1.165) is 5.56 Å². The fraction of sp³-hybridized carbons (Fsp3) is 0.214. The Morgan fingerprint density at radius 1 is 1.08 bits per heavy atom. The van der Waals surface area contributed by atoms with Crippen LogP contribution in [0, 0.1) is 0 Å². The van der Waals surface area contributed by atoms with E-state index in [-0.39, 0.29) is 11.3 Å². The summed E-state index contributed by atoms with van der Waals surface area (Å²) in [5, 5.41) is 9.75. The maximum absolute atomic E-state index is 11.3. The summed E-state index contributed by atoms with van der Waals surface area (Å²) in [5.74, 6) is -0.834. The molecule has 8 nitrogen and oxygen atoms in total. The number of hydrogen-bond acceptors (Lipinski definition) is 6. The first-order valence-corrected chi connectivity index (χ1v) is 9.03. The summed E-state index contributed by atoms with van der Waals surface area (Å²) >= 11 is 0. The second-order valence-electron chi connectivity index (χ2n) is 4.74. The number of aryl methyl sites for hydroxylation is 1. The third kappa shape index (κ3) is 6.44. The SMILES string of the molecule is O=C(O)CCCc1ccc2c(S(=O)(=O)O)cccc2c1.O=S(=O)=O. The summed E-state index contributed by atoms with van der Waals surface area (Å²) in [7, 11) is -7.36. The Bertz CT molecular complexity index is 940. The van der Waals surface area contributed by atoms with Crippen LogP contribution in [-0.2, 0) is 31.9 Å². The van der Waals surface area contributed by atoms with Gasteiger partial charge in [-0.2, -0.15) is 8.42 Å². The predicted octanol–water partition coefficient (Wildman–Crippen LogP) is 1.49. The highest BCUT2D eigenvalue weighted by molar-refractivity contribution is 7.86. The molecule has 0 spiro atoms. The molecule has 0 unspecified atom stereocenters. The van der Waals surface area contributed by atoms with Gasteiger partial charge in [-0.25, -0.2) is 0 Å². The number of benzene rings is 2. The fourth-order valence-corrected chi connectivity index (χ4v) is 2.84. The molecule has 0 heterocycles. The topological polar surface area (TPSA) is 143 Å². The molecule has 2 aromatic rings. The van der Waals surface area contributed by atoms with Gasteiger partial charge in [0.1, 0.15) is 4.90 Å². The minimum Gasteiger partial charge on any atom is -0.481 e. The van der Waals surface area contributed by atoms with Gasteiger partial charge in [0, 0.05) is 11.8 Å². The third-order valence-electron chi connectivity index (χ3n) is 3.04. The standard InChI is InChI=1S/C14H14O5S.O3S/c15-14(16)6-1-3-10-7-8-12-11(9-10)4-2-5-13(12)20(17,18)19;1-4(2)3/h2,4-5,7-9H,1,3,6H2,(H,15,16)(H,17,18,19);. The first kappa shape index (κ1) is 19.7. The molecule has 0 fully saturated rings. The molecule has 0 amide bonds. The molecule has 130 valence electrons. The Morgan fingerprint density at radius 3 is 2.25 bits per heavy atom. The van der Waals surface area contributed by atoms with Crippen LogP contribution in [0.2, 0.25) is 0 Å². The van der Waals surface area contributed by atoms with E-state index >= 15 is 0 Å². The number of fused-ring (bicyclic) bond motifs is 1. The molecule has 10 heteroatoms. The molecule has 2 aromatic carbocycles. The lowest BCUT2D eigenvalue weighted by molar-refractivity contribution is -0.137. The average Bonchev–Trinajstić information content (AvgIpc) is 2.44. The van der Waals surface area contributed by atoms with Crippen molar-refractivity contribution >= 4 is 37.5 Å². The Kier molecular flexibility index (Phi) is 7.01. The smallest absolute Gasteiger partial charge is 0.425 e. The fourth-order valence-electron chi connectivity index (χ4n) is 2.13. The van der Waals surface area contributed by atoms with Gasteiger partial charge in [0.25, 0.3) is 10.1 Å². The molecular weight excluding hydrogens is 360 g/mol. The van der Waals surface area contributed by atoms with Gasteiger partial charge >= 0.3 is 16.6 Å². The third-order valence-corrected chi connectivity index (χ3v) is 3.95. The quantitative estimate of drug-likeness (QED) is 0.749. The highest BCUT2D eigenvalue weighted by Gasteiger charge is 2.13. The lowest BCUT2D eigenvalue weighted by atomic mass is 10.0. The lowest BCUT2D eigenvalue weighted by Gasteiger charge is -2.06. The number of carbonyl (C=O) groups is 1. The van der Waals surface area contributed by atoms with E-state index in [1.807, 2.05) is 6.07 Å². The van der Waals surface area contributed by atoms with Gasteiger partial charge in [-0.1, -0.05) is 30.3 Å². The van der Waals surface area contributed by atoms with Crippen molar-refractivity contribution in [1.29, 1.82) is 0 Å². The van der Waals surface area contributed by atoms with Crippen molar-refractivity contribution < 1.29 is 35.5 Å². The van der Waals surface area contributed by atoms with Crippen LogP contribution >= 0.6 is 0 Å². The van der Waals surface area contributed by atoms with Crippen molar-refractivity contribution in [2.75, 3.05) is 0 Å². The number of hydrogen-bond donors (Lipinski definition) is 2. The maximum Gasteiger partial charge on any atom is 0.425 e. The van der Waals surface area contributed by atoms with Crippen molar-refractivity contribution in [3.05, 3.63) is 42.0 Å². The molecule has 0 aliphatic carbocycles. The average molecular weight is 374 g/mol. The molecule has 0 bridgehead atoms. The molecule has 0 aliphatic rings. The van der Waals surface area contributed by atoms with Crippen molar-refractivity contribution in [2.45, 2.75) is 24.2 Å². The minimum absolute atomic E-state index is 0.100. The molecule has 2 rings (SSSR count). The van der Waals surface area contributed by atoms with Crippen LogP contribution < -0.4 is 0 Å². The van der Waals surface area contributed by atoms with E-state index in [2.05, 4.69) is 0 Å². The minimum atomic E-state index is -4.25. The molecule has 24 heavy (non-hydrogen) atoms. The van der Waals surface area contributed by atoms with E-state index in [1.54, 1.807) is 24.3 Å². The van der Waals surface area contributed by atoms with Crippen molar-refractivity contribution in [1.82, 2.24) is 0 Å². The van der Waals surface area contributed by atoms with E-state index in [4.69, 9.17) is 22.3 Å². The van der Waals surface area contributed by atoms with Gasteiger partial charge in [-0.05, 0) is 29.9 Å². The van der Waals surface area contributed by atoms with Gasteiger partial charge in [-0.3, -0.25) is 9.35 Å². The molecule has 0 saturated carbocycles. The molecule has 2 N–H and O–H groups in total. The first-order valence-electron chi connectivity index (χ1n) is 6.59. The maximum atomic E-state index is 11.3. The van der Waals surface area contributed by atoms with Gasteiger partial charge in [0.15, 0.2) is 0 Å². The van der Waals surface area contributed by atoms with Crippen molar-refractivity contribution in [3.8, 4) is 0 Å². The van der Waals surface area contributed by atoms with Gasteiger partial charge < -0.3 is 5.11 Å². The number of rotatable bonds is 5. The van der Waals surface area contributed by atoms with Crippen LogP contribution in [0.5, 0.6) is 0 Å². The predicted molar refractivity (Wildman–Crippen MR) is 84.0 cm³/mol. The molecule has 0 saturated heterocycles. The number of aliphatic carboxylic acids is 1. The van der Waals surface area contributed by atoms with E-state index in [0.29, 0.717) is 23.6 Å². The summed E-state index contributed by atoms with van der Waals surface area (Å²) in [6.45, 7) is 0. The first-order chi connectivity index (χ1) is 11.1. The van der Waals surface area contributed by atoms with Crippen LogP contribution in [0.15, 0.2) is 41.3 Å². The van der Waals surface area contributed by atoms with E-state index in [1.165, 1.54) is 6.07 Å². The summed E-state index contributed by atoms with van der Waals surface area (Å²) in [5.41, 5.74) is 0.936. The van der Waals surface area contributed by atoms with Crippen molar-refractivity contribution in [2.24, 2.45) is 0 Å². The molecule has 0 atom stereocenters. The Labute approximate surface area is 139 Å². The number of carboxylic acid groups (broad SMARTS) is 1. The second kappa shape index (κ2) is 8.52. The zero-order valence-electron chi connectivity index (χ0n) is 12.2. The van der Waals surface area contributed by atoms with Gasteiger partial charge in [-0.15, -0.1) is 12.6 Å². The molecule has 0 aliphatic heterocycles. The highest BCUT2D eigenvalue weighted by atomic mass is 32.2. The largest absolute Gasteiger partial charge is 0.481 e. The summed E-state index contributed by atoms with van der Waals surface area (Å²) in [6.07, 6.45) is 1.24. The second-order valence-corrected chi connectivity index (χ2v) is 6.54.